The Morgan fingerprint density at radius 2 is 1.76 bits per heavy atom. The van der Waals surface area contributed by atoms with Crippen LogP contribution in [0.4, 0.5) is 14.5 Å². The number of nitro groups is 1. The van der Waals surface area contributed by atoms with Crippen LogP contribution in [0.25, 0.3) is 0 Å². The average molecular weight is 314 g/mol. The van der Waals surface area contributed by atoms with Crippen LogP contribution in [0.15, 0.2) is 36.4 Å². The number of hydrogen-bond donors (Lipinski definition) is 0. The van der Waals surface area contributed by atoms with Gasteiger partial charge in [0.1, 0.15) is 17.4 Å². The number of carbonyl (C=O) groups is 1. The number of benzene rings is 2. The van der Waals surface area contributed by atoms with Crippen molar-refractivity contribution in [1.29, 1.82) is 0 Å². The highest BCUT2D eigenvalue weighted by atomic mass is 35.5. The van der Waals surface area contributed by atoms with E-state index in [0.717, 1.165) is 30.3 Å². The molecule has 8 heteroatoms. The predicted octanol–water partition coefficient (Wildman–Crippen LogP) is 3.75. The summed E-state index contributed by atoms with van der Waals surface area (Å²) in [5.41, 5.74) is -0.626. The summed E-state index contributed by atoms with van der Waals surface area (Å²) in [6, 6.07) is 5.40. The molecule has 0 bridgehead atoms. The van der Waals surface area contributed by atoms with E-state index in [9.17, 15) is 23.7 Å². The van der Waals surface area contributed by atoms with Gasteiger partial charge >= 0.3 is 5.97 Å². The van der Waals surface area contributed by atoms with Crippen LogP contribution in [0.5, 0.6) is 5.75 Å². The van der Waals surface area contributed by atoms with Gasteiger partial charge in [-0.3, -0.25) is 10.1 Å². The maximum absolute atomic E-state index is 13.0. The molecule has 0 fully saturated rings. The maximum atomic E-state index is 13.0. The Kier molecular flexibility index (Phi) is 4.13. The fourth-order valence-corrected chi connectivity index (χ4v) is 1.73. The molecule has 0 aliphatic carbocycles. The number of halogens is 3. The Balaban J connectivity index is 2.25. The van der Waals surface area contributed by atoms with Crippen LogP contribution in [0.2, 0.25) is 5.02 Å². The van der Waals surface area contributed by atoms with Crippen LogP contribution in [-0.2, 0) is 0 Å². The lowest BCUT2D eigenvalue weighted by atomic mass is 10.2. The normalized spacial score (nSPS) is 10.2. The lowest BCUT2D eigenvalue weighted by Gasteiger charge is -2.06. The van der Waals surface area contributed by atoms with E-state index in [1.807, 2.05) is 0 Å². The zero-order valence-corrected chi connectivity index (χ0v) is 10.9. The predicted molar refractivity (Wildman–Crippen MR) is 69.4 cm³/mol. The van der Waals surface area contributed by atoms with Crippen molar-refractivity contribution in [1.82, 2.24) is 0 Å². The van der Waals surface area contributed by atoms with Gasteiger partial charge in [-0.2, -0.15) is 0 Å². The van der Waals surface area contributed by atoms with Crippen LogP contribution in [0.1, 0.15) is 10.4 Å². The second-order valence-corrected chi connectivity index (χ2v) is 4.33. The van der Waals surface area contributed by atoms with Crippen LogP contribution in [0, 0.1) is 21.7 Å². The first-order valence-electron chi connectivity index (χ1n) is 5.49. The molecule has 5 nitrogen and oxygen atoms in total. The number of ether oxygens (including phenoxy) is 1. The van der Waals surface area contributed by atoms with E-state index >= 15 is 0 Å². The number of nitro benzene ring substituents is 1. The van der Waals surface area contributed by atoms with Crippen LogP contribution in [0.3, 0.4) is 0 Å². The molecule has 21 heavy (non-hydrogen) atoms. The number of carbonyl (C=O) groups excluding carboxylic acids is 1. The van der Waals surface area contributed by atoms with Crippen molar-refractivity contribution in [2.45, 2.75) is 0 Å². The second kappa shape index (κ2) is 5.84. The SMILES string of the molecule is O=C(Oc1ccc([N+](=O)[O-])cc1Cl)c1cc(F)cc(F)c1. The minimum Gasteiger partial charge on any atom is -0.421 e. The topological polar surface area (TPSA) is 69.4 Å². The molecule has 0 radical (unpaired) electrons. The molecule has 0 N–H and O–H groups in total. The Morgan fingerprint density at radius 3 is 2.29 bits per heavy atom. The first-order valence-corrected chi connectivity index (χ1v) is 5.87. The molecule has 0 heterocycles. The second-order valence-electron chi connectivity index (χ2n) is 3.92. The maximum Gasteiger partial charge on any atom is 0.343 e. The molecule has 0 aliphatic rings. The molecular formula is C13H6ClF2NO4. The van der Waals surface area contributed by atoms with Crippen molar-refractivity contribution >= 4 is 23.3 Å². The third-order valence-electron chi connectivity index (χ3n) is 2.43. The average Bonchev–Trinajstić information content (AvgIpc) is 2.39. The molecule has 0 aromatic heterocycles. The summed E-state index contributed by atoms with van der Waals surface area (Å²) in [4.78, 5) is 21.6. The number of non-ortho nitro benzene ring substituents is 1. The fourth-order valence-electron chi connectivity index (χ4n) is 1.52. The highest BCUT2D eigenvalue weighted by molar-refractivity contribution is 6.32. The van der Waals surface area contributed by atoms with Crippen LogP contribution in [-0.4, -0.2) is 10.9 Å². The first-order chi connectivity index (χ1) is 9.86. The zero-order valence-electron chi connectivity index (χ0n) is 10.2. The largest absolute Gasteiger partial charge is 0.421 e. The van der Waals surface area contributed by atoms with E-state index < -0.39 is 22.5 Å². The van der Waals surface area contributed by atoms with Gasteiger partial charge in [-0.1, -0.05) is 11.6 Å². The molecule has 0 atom stereocenters. The van der Waals surface area contributed by atoms with E-state index in [1.165, 1.54) is 0 Å². The number of nitrogens with zero attached hydrogens (tertiary/aromatic N) is 1. The highest BCUT2D eigenvalue weighted by Crippen LogP contribution is 2.29. The van der Waals surface area contributed by atoms with Gasteiger partial charge in [0.15, 0.2) is 0 Å². The quantitative estimate of drug-likeness (QED) is 0.374. The molecule has 2 aromatic carbocycles. The fraction of sp³-hybridized carbons (Fsp3) is 0. The Morgan fingerprint density at radius 1 is 1.14 bits per heavy atom. The molecule has 0 spiro atoms. The van der Waals surface area contributed by atoms with Gasteiger partial charge in [0.25, 0.3) is 5.69 Å². The van der Waals surface area contributed by atoms with E-state index in [0.29, 0.717) is 6.07 Å². The van der Waals surface area contributed by atoms with Crippen molar-refractivity contribution in [3.8, 4) is 5.75 Å². The molecular weight excluding hydrogens is 308 g/mol. The molecule has 0 aliphatic heterocycles. The van der Waals surface area contributed by atoms with Gasteiger partial charge in [-0.15, -0.1) is 0 Å². The van der Waals surface area contributed by atoms with Gasteiger partial charge in [0.05, 0.1) is 15.5 Å². The minimum absolute atomic E-state index is 0.156. The lowest BCUT2D eigenvalue weighted by Crippen LogP contribution is -2.09. The molecule has 0 amide bonds. The molecule has 108 valence electrons. The summed E-state index contributed by atoms with van der Waals surface area (Å²) in [5.74, 6) is -3.06. The molecule has 0 saturated heterocycles. The van der Waals surface area contributed by atoms with Gasteiger partial charge in [0.2, 0.25) is 0 Å². The van der Waals surface area contributed by atoms with E-state index in [1.54, 1.807) is 0 Å². The van der Waals surface area contributed by atoms with Crippen molar-refractivity contribution in [3.05, 3.63) is 68.7 Å². The summed E-state index contributed by atoms with van der Waals surface area (Å²) in [7, 11) is 0. The lowest BCUT2D eigenvalue weighted by molar-refractivity contribution is -0.384. The van der Waals surface area contributed by atoms with Crippen molar-refractivity contribution in [3.63, 3.8) is 0 Å². The Bertz CT molecular complexity index is 716. The zero-order chi connectivity index (χ0) is 15.6. The van der Waals surface area contributed by atoms with Crippen LogP contribution < -0.4 is 4.74 Å². The summed E-state index contributed by atoms with van der Waals surface area (Å²) in [6.07, 6.45) is 0. The number of esters is 1. The van der Waals surface area contributed by atoms with Crippen molar-refractivity contribution in [2.24, 2.45) is 0 Å². The highest BCUT2D eigenvalue weighted by Gasteiger charge is 2.16. The third kappa shape index (κ3) is 3.51. The van der Waals surface area contributed by atoms with Gasteiger partial charge in [0, 0.05) is 18.2 Å². The number of hydrogen-bond acceptors (Lipinski definition) is 4. The van der Waals surface area contributed by atoms with E-state index in [-0.39, 0.29) is 22.0 Å². The summed E-state index contributed by atoms with van der Waals surface area (Å²) in [5, 5.41) is 10.4. The Labute approximate surface area is 121 Å². The molecule has 0 saturated carbocycles. The summed E-state index contributed by atoms with van der Waals surface area (Å²) >= 11 is 5.74. The van der Waals surface area contributed by atoms with E-state index in [4.69, 9.17) is 16.3 Å². The van der Waals surface area contributed by atoms with Crippen LogP contribution >= 0.6 is 11.6 Å². The summed E-state index contributed by atoms with van der Waals surface area (Å²) < 4.78 is 30.8. The molecule has 2 aromatic rings. The smallest absolute Gasteiger partial charge is 0.343 e. The van der Waals surface area contributed by atoms with Gasteiger partial charge in [-0.25, -0.2) is 13.6 Å². The Hall–Kier alpha value is -2.54. The van der Waals surface area contributed by atoms with Gasteiger partial charge in [-0.05, 0) is 18.2 Å². The monoisotopic (exact) mass is 313 g/mol. The van der Waals surface area contributed by atoms with Crippen molar-refractivity contribution in [2.75, 3.05) is 0 Å². The third-order valence-corrected chi connectivity index (χ3v) is 2.72. The summed E-state index contributed by atoms with van der Waals surface area (Å²) in [6.45, 7) is 0. The number of rotatable bonds is 3. The van der Waals surface area contributed by atoms with Crippen molar-refractivity contribution < 1.29 is 23.2 Å². The standard InChI is InChI=1S/C13H6ClF2NO4/c14-11-6-10(17(19)20)1-2-12(11)21-13(18)7-3-8(15)5-9(16)4-7/h1-6H. The first kappa shape index (κ1) is 14.9. The van der Waals surface area contributed by atoms with E-state index in [2.05, 4.69) is 0 Å². The minimum atomic E-state index is -1.04. The molecule has 2 rings (SSSR count). The molecule has 0 unspecified atom stereocenters. The van der Waals surface area contributed by atoms with Gasteiger partial charge < -0.3 is 4.74 Å².